The van der Waals surface area contributed by atoms with Crippen molar-refractivity contribution in [2.24, 2.45) is 0 Å². The fourth-order valence-corrected chi connectivity index (χ4v) is 3.72. The number of aryl methyl sites for hydroxylation is 1. The lowest BCUT2D eigenvalue weighted by Gasteiger charge is -2.15. The maximum Gasteiger partial charge on any atom is 0.360 e. The van der Waals surface area contributed by atoms with Gasteiger partial charge in [-0.3, -0.25) is 0 Å². The molecule has 0 fully saturated rings. The lowest BCUT2D eigenvalue weighted by molar-refractivity contribution is 0.0360. The van der Waals surface area contributed by atoms with E-state index in [1.807, 2.05) is 61.5 Å². The minimum Gasteiger partial charge on any atom is -0.446 e. The second-order valence-electron chi connectivity index (χ2n) is 6.30. The first kappa shape index (κ1) is 19.6. The summed E-state index contributed by atoms with van der Waals surface area (Å²) in [5.41, 5.74) is 3.13. The molecule has 1 atom stereocenters. The van der Waals surface area contributed by atoms with Crippen molar-refractivity contribution in [2.75, 3.05) is 0 Å². The molecule has 8 heteroatoms. The van der Waals surface area contributed by atoms with Crippen LogP contribution < -0.4 is 0 Å². The van der Waals surface area contributed by atoms with E-state index in [9.17, 15) is 4.79 Å². The van der Waals surface area contributed by atoms with Gasteiger partial charge in [0, 0.05) is 11.6 Å². The minimum absolute atomic E-state index is 0.0226. The molecular weight excluding hydrogens is 431 g/mol. The van der Waals surface area contributed by atoms with Crippen molar-refractivity contribution in [2.45, 2.75) is 13.0 Å². The van der Waals surface area contributed by atoms with Crippen LogP contribution in [0, 0.1) is 6.92 Å². The number of carbonyl (C=O) groups is 1. The average molecular weight is 445 g/mol. The highest BCUT2D eigenvalue weighted by molar-refractivity contribution is 7.11. The van der Waals surface area contributed by atoms with E-state index in [1.54, 1.807) is 6.07 Å². The first-order valence-electron chi connectivity index (χ1n) is 8.63. The molecule has 4 aromatic rings. The molecule has 5 nitrogen and oxygen atoms in total. The summed E-state index contributed by atoms with van der Waals surface area (Å²) in [6.45, 7) is 1.98. The third kappa shape index (κ3) is 4.19. The molecular formula is C21H14Cl2N2O3S. The molecule has 0 radical (unpaired) electrons. The average Bonchev–Trinajstić information content (AvgIpc) is 3.35. The monoisotopic (exact) mass is 444 g/mol. The fraction of sp³-hybridized carbons (Fsp3) is 0.0952. The number of hydrogen-bond donors (Lipinski definition) is 0. The number of aromatic nitrogens is 2. The molecule has 0 amide bonds. The summed E-state index contributed by atoms with van der Waals surface area (Å²) in [6, 6.07) is 18.9. The van der Waals surface area contributed by atoms with Crippen LogP contribution in [0.3, 0.4) is 0 Å². The first-order chi connectivity index (χ1) is 14.0. The predicted molar refractivity (Wildman–Crippen MR) is 113 cm³/mol. The molecule has 146 valence electrons. The van der Waals surface area contributed by atoms with Gasteiger partial charge in [-0.15, -0.1) is 0 Å². The molecule has 0 spiro atoms. The van der Waals surface area contributed by atoms with Gasteiger partial charge < -0.3 is 9.26 Å². The van der Waals surface area contributed by atoms with E-state index in [2.05, 4.69) is 9.53 Å². The zero-order valence-electron chi connectivity index (χ0n) is 15.1. The number of ether oxygens (including phenoxy) is 1. The van der Waals surface area contributed by atoms with Crippen LogP contribution in [0.15, 0.2) is 65.2 Å². The quantitative estimate of drug-likeness (QED) is 0.335. The second-order valence-corrected chi connectivity index (χ2v) is 8.05. The Labute approximate surface area is 181 Å². The molecule has 0 N–H and O–H groups in total. The Morgan fingerprint density at radius 3 is 2.48 bits per heavy atom. The molecule has 0 bridgehead atoms. The highest BCUT2D eigenvalue weighted by Gasteiger charge is 2.27. The van der Waals surface area contributed by atoms with Gasteiger partial charge in [-0.1, -0.05) is 88.5 Å². The maximum atomic E-state index is 12.7. The zero-order valence-corrected chi connectivity index (χ0v) is 17.5. The molecule has 2 aromatic carbocycles. The van der Waals surface area contributed by atoms with E-state index in [4.69, 9.17) is 32.5 Å². The summed E-state index contributed by atoms with van der Waals surface area (Å²) >= 11 is 12.9. The van der Waals surface area contributed by atoms with E-state index in [1.165, 1.54) is 0 Å². The van der Waals surface area contributed by atoms with Crippen molar-refractivity contribution in [3.8, 4) is 11.3 Å². The number of esters is 1. The summed E-state index contributed by atoms with van der Waals surface area (Å²) in [7, 11) is 0. The van der Waals surface area contributed by atoms with Crippen LogP contribution in [0.5, 0.6) is 0 Å². The molecule has 1 unspecified atom stereocenters. The first-order valence-corrected chi connectivity index (χ1v) is 10.2. The highest BCUT2D eigenvalue weighted by Crippen LogP contribution is 2.33. The molecule has 2 aromatic heterocycles. The van der Waals surface area contributed by atoms with Crippen molar-refractivity contribution in [1.29, 1.82) is 0 Å². The Hall–Kier alpha value is -2.67. The topological polar surface area (TPSA) is 65.2 Å². The Balaban J connectivity index is 1.69. The second kappa shape index (κ2) is 8.37. The third-order valence-corrected chi connectivity index (χ3v) is 5.86. The molecule has 2 heterocycles. The van der Waals surface area contributed by atoms with Gasteiger partial charge in [-0.25, -0.2) is 4.79 Å². The standard InChI is InChI=1S/C21H14Cl2N2O3S/c1-12-7-9-14(10-8-12)19(27-21(26)18-17(22)20(23)29-25-18)15-11-16(28-24-15)13-5-3-2-4-6-13/h2-11,19H,1H3. The van der Waals surface area contributed by atoms with Crippen LogP contribution in [0.2, 0.25) is 9.36 Å². The van der Waals surface area contributed by atoms with Crippen molar-refractivity contribution in [3.63, 3.8) is 0 Å². The molecule has 0 aliphatic heterocycles. The van der Waals surface area contributed by atoms with Gasteiger partial charge in [0.05, 0.1) is 0 Å². The van der Waals surface area contributed by atoms with Crippen LogP contribution in [-0.2, 0) is 4.74 Å². The van der Waals surface area contributed by atoms with Crippen LogP contribution in [-0.4, -0.2) is 15.5 Å². The number of benzene rings is 2. The molecule has 0 aliphatic carbocycles. The number of carbonyl (C=O) groups excluding carboxylic acids is 1. The summed E-state index contributed by atoms with van der Waals surface area (Å²) < 4.78 is 15.4. The zero-order chi connectivity index (χ0) is 20.4. The lowest BCUT2D eigenvalue weighted by Crippen LogP contribution is -2.14. The smallest absolute Gasteiger partial charge is 0.360 e. The number of halogens is 2. The van der Waals surface area contributed by atoms with Gasteiger partial charge in [0.15, 0.2) is 17.6 Å². The van der Waals surface area contributed by atoms with E-state index >= 15 is 0 Å². The summed E-state index contributed by atoms with van der Waals surface area (Å²) in [6.07, 6.45) is -0.791. The lowest BCUT2D eigenvalue weighted by atomic mass is 10.0. The van der Waals surface area contributed by atoms with Crippen LogP contribution >= 0.6 is 34.7 Å². The summed E-state index contributed by atoms with van der Waals surface area (Å²) in [5, 5.41) is 4.22. The van der Waals surface area contributed by atoms with E-state index in [0.29, 0.717) is 11.5 Å². The van der Waals surface area contributed by atoms with Crippen LogP contribution in [0.1, 0.15) is 33.4 Å². The van der Waals surface area contributed by atoms with Crippen molar-refractivity contribution >= 4 is 40.7 Å². The third-order valence-electron chi connectivity index (χ3n) is 4.25. The van der Waals surface area contributed by atoms with E-state index in [0.717, 1.165) is 28.2 Å². The molecule has 29 heavy (non-hydrogen) atoms. The largest absolute Gasteiger partial charge is 0.446 e. The Bertz CT molecular complexity index is 1140. The molecule has 0 saturated carbocycles. The summed E-state index contributed by atoms with van der Waals surface area (Å²) in [4.78, 5) is 12.7. The van der Waals surface area contributed by atoms with E-state index in [-0.39, 0.29) is 15.1 Å². The van der Waals surface area contributed by atoms with Gasteiger partial charge >= 0.3 is 5.97 Å². The van der Waals surface area contributed by atoms with Crippen molar-refractivity contribution < 1.29 is 14.1 Å². The maximum absolute atomic E-state index is 12.7. The van der Waals surface area contributed by atoms with Gasteiger partial charge in [0.25, 0.3) is 0 Å². The number of nitrogens with zero attached hydrogens (tertiary/aromatic N) is 2. The fourth-order valence-electron chi connectivity index (χ4n) is 2.74. The van der Waals surface area contributed by atoms with Crippen molar-refractivity contribution in [1.82, 2.24) is 9.53 Å². The predicted octanol–water partition coefficient (Wildman–Crippen LogP) is 6.36. The normalized spacial score (nSPS) is 12.0. The van der Waals surface area contributed by atoms with Crippen LogP contribution in [0.25, 0.3) is 11.3 Å². The Kier molecular flexibility index (Phi) is 5.67. The number of rotatable bonds is 5. The number of hydrogen-bond acceptors (Lipinski definition) is 6. The Morgan fingerprint density at radius 2 is 1.83 bits per heavy atom. The van der Waals surface area contributed by atoms with Gasteiger partial charge in [-0.2, -0.15) is 4.37 Å². The Morgan fingerprint density at radius 1 is 1.10 bits per heavy atom. The SMILES string of the molecule is Cc1ccc(C(OC(=O)c2nsc(Cl)c2Cl)c2cc(-c3ccccc3)on2)cc1. The highest BCUT2D eigenvalue weighted by atomic mass is 35.5. The van der Waals surface area contributed by atoms with Gasteiger partial charge in [-0.05, 0) is 24.0 Å². The summed E-state index contributed by atoms with van der Waals surface area (Å²) in [5.74, 6) is -0.114. The van der Waals surface area contributed by atoms with Crippen molar-refractivity contribution in [3.05, 3.63) is 92.5 Å². The molecule has 4 rings (SSSR count). The van der Waals surface area contributed by atoms with E-state index < -0.39 is 12.1 Å². The van der Waals surface area contributed by atoms with Gasteiger partial charge in [0.2, 0.25) is 0 Å². The molecule has 0 aliphatic rings. The van der Waals surface area contributed by atoms with Crippen LogP contribution in [0.4, 0.5) is 0 Å². The molecule has 0 saturated heterocycles. The minimum atomic E-state index is -0.791. The van der Waals surface area contributed by atoms with Gasteiger partial charge in [0.1, 0.15) is 15.1 Å².